The molecule has 2 aromatic rings. The Morgan fingerprint density at radius 1 is 1.10 bits per heavy atom. The van der Waals surface area contributed by atoms with Gasteiger partial charge in [-0.25, -0.2) is 8.42 Å². The molecular formula is C14H10Cl2N2O2S. The highest BCUT2D eigenvalue weighted by molar-refractivity contribution is 7.91. The molecule has 4 nitrogen and oxygen atoms in total. The molecule has 0 saturated heterocycles. The number of halogens is 2. The SMILES string of the molecule is N#Cc1ccc(CS(=O)(=O)Nc2cccc(Cl)c2Cl)cc1. The van der Waals surface area contributed by atoms with Crippen molar-refractivity contribution in [3.8, 4) is 6.07 Å². The van der Waals surface area contributed by atoms with Crippen molar-refractivity contribution in [1.29, 1.82) is 5.26 Å². The number of benzene rings is 2. The van der Waals surface area contributed by atoms with Crippen LogP contribution < -0.4 is 4.72 Å². The molecule has 21 heavy (non-hydrogen) atoms. The molecule has 1 N–H and O–H groups in total. The van der Waals surface area contributed by atoms with Gasteiger partial charge in [0.05, 0.1) is 33.1 Å². The van der Waals surface area contributed by atoms with E-state index < -0.39 is 10.0 Å². The Bertz CT molecular complexity index is 797. The molecule has 2 rings (SSSR count). The number of nitrogens with one attached hydrogen (secondary N) is 1. The lowest BCUT2D eigenvalue weighted by Gasteiger charge is -2.10. The maximum absolute atomic E-state index is 12.1. The minimum atomic E-state index is -3.62. The van der Waals surface area contributed by atoms with Gasteiger partial charge in [-0.2, -0.15) is 5.26 Å². The first kappa shape index (κ1) is 15.6. The predicted octanol–water partition coefficient (Wildman–Crippen LogP) is 3.81. The van der Waals surface area contributed by atoms with Crippen LogP contribution in [0.4, 0.5) is 5.69 Å². The molecule has 7 heteroatoms. The van der Waals surface area contributed by atoms with Crippen LogP contribution in [-0.2, 0) is 15.8 Å². The highest BCUT2D eigenvalue weighted by Crippen LogP contribution is 2.30. The Morgan fingerprint density at radius 2 is 1.76 bits per heavy atom. The largest absolute Gasteiger partial charge is 0.282 e. The Hall–Kier alpha value is -1.74. The number of nitrogens with zero attached hydrogens (tertiary/aromatic N) is 1. The number of sulfonamides is 1. The third-order valence-corrected chi connectivity index (χ3v) is 4.72. The van der Waals surface area contributed by atoms with Crippen LogP contribution in [0, 0.1) is 11.3 Å². The summed E-state index contributed by atoms with van der Waals surface area (Å²) in [5.74, 6) is -0.221. The standard InChI is InChI=1S/C14H10Cl2N2O2S/c15-12-2-1-3-13(14(12)16)18-21(19,20)9-11-6-4-10(8-17)5-7-11/h1-7,18H,9H2. The van der Waals surface area contributed by atoms with E-state index in [4.69, 9.17) is 28.5 Å². The first-order chi connectivity index (χ1) is 9.91. The predicted molar refractivity (Wildman–Crippen MR) is 83.9 cm³/mol. The molecule has 0 spiro atoms. The van der Waals surface area contributed by atoms with Crippen molar-refractivity contribution in [3.05, 3.63) is 63.6 Å². The second-order valence-electron chi connectivity index (χ2n) is 4.27. The number of anilines is 1. The van der Waals surface area contributed by atoms with E-state index in [1.54, 1.807) is 36.4 Å². The van der Waals surface area contributed by atoms with Gasteiger partial charge in [0.2, 0.25) is 10.0 Å². The van der Waals surface area contributed by atoms with Crippen molar-refractivity contribution in [2.75, 3.05) is 4.72 Å². The molecule has 108 valence electrons. The van der Waals surface area contributed by atoms with Crippen molar-refractivity contribution in [1.82, 2.24) is 0 Å². The molecule has 0 bridgehead atoms. The summed E-state index contributed by atoms with van der Waals surface area (Å²) in [6, 6.07) is 13.0. The normalized spacial score (nSPS) is 10.9. The zero-order valence-corrected chi connectivity index (χ0v) is 13.0. The summed E-state index contributed by atoms with van der Waals surface area (Å²) < 4.78 is 26.6. The van der Waals surface area contributed by atoms with E-state index in [0.717, 1.165) is 0 Å². The maximum atomic E-state index is 12.1. The molecular weight excluding hydrogens is 331 g/mol. The number of rotatable bonds is 4. The zero-order valence-electron chi connectivity index (χ0n) is 10.7. The van der Waals surface area contributed by atoms with Crippen LogP contribution >= 0.6 is 23.2 Å². The third kappa shape index (κ3) is 4.11. The summed E-state index contributed by atoms with van der Waals surface area (Å²) in [7, 11) is -3.62. The monoisotopic (exact) mass is 340 g/mol. The molecule has 0 aliphatic heterocycles. The summed E-state index contributed by atoms with van der Waals surface area (Å²) in [5.41, 5.74) is 1.28. The average molecular weight is 341 g/mol. The van der Waals surface area contributed by atoms with Gasteiger partial charge < -0.3 is 0 Å². The van der Waals surface area contributed by atoms with Gasteiger partial charge in [0.15, 0.2) is 0 Å². The molecule has 0 radical (unpaired) electrons. The summed E-state index contributed by atoms with van der Waals surface area (Å²) >= 11 is 11.8. The van der Waals surface area contributed by atoms with Crippen molar-refractivity contribution in [2.24, 2.45) is 0 Å². The second kappa shape index (κ2) is 6.35. The van der Waals surface area contributed by atoms with Crippen molar-refractivity contribution in [3.63, 3.8) is 0 Å². The van der Waals surface area contributed by atoms with E-state index in [1.165, 1.54) is 6.07 Å². The van der Waals surface area contributed by atoms with Crippen LogP contribution in [0.25, 0.3) is 0 Å². The van der Waals surface area contributed by atoms with E-state index in [1.807, 2.05) is 6.07 Å². The Kier molecular flexibility index (Phi) is 4.73. The highest BCUT2D eigenvalue weighted by atomic mass is 35.5. The lowest BCUT2D eigenvalue weighted by Crippen LogP contribution is -2.15. The van der Waals surface area contributed by atoms with Crippen LogP contribution in [0.5, 0.6) is 0 Å². The first-order valence-electron chi connectivity index (χ1n) is 5.85. The Morgan fingerprint density at radius 3 is 2.38 bits per heavy atom. The van der Waals surface area contributed by atoms with Gasteiger partial charge in [0, 0.05) is 0 Å². The van der Waals surface area contributed by atoms with Crippen LogP contribution in [0.15, 0.2) is 42.5 Å². The minimum Gasteiger partial charge on any atom is -0.282 e. The van der Waals surface area contributed by atoms with E-state index in [0.29, 0.717) is 11.1 Å². The van der Waals surface area contributed by atoms with Crippen LogP contribution in [0.3, 0.4) is 0 Å². The van der Waals surface area contributed by atoms with Crippen LogP contribution in [0.2, 0.25) is 10.0 Å². The molecule has 0 heterocycles. The topological polar surface area (TPSA) is 70.0 Å². The maximum Gasteiger partial charge on any atom is 0.236 e. The van der Waals surface area contributed by atoms with Crippen LogP contribution in [-0.4, -0.2) is 8.42 Å². The van der Waals surface area contributed by atoms with Crippen LogP contribution in [0.1, 0.15) is 11.1 Å². The lowest BCUT2D eigenvalue weighted by atomic mass is 10.2. The zero-order chi connectivity index (χ0) is 15.5. The summed E-state index contributed by atoms with van der Waals surface area (Å²) in [5, 5.41) is 9.13. The van der Waals surface area contributed by atoms with E-state index in [2.05, 4.69) is 4.72 Å². The molecule has 0 aliphatic rings. The molecule has 0 unspecified atom stereocenters. The summed E-state index contributed by atoms with van der Waals surface area (Å²) in [4.78, 5) is 0. The van der Waals surface area contributed by atoms with Gasteiger partial charge in [0.1, 0.15) is 0 Å². The Labute approximate surface area is 133 Å². The minimum absolute atomic E-state index is 0.155. The smallest absolute Gasteiger partial charge is 0.236 e. The van der Waals surface area contributed by atoms with Gasteiger partial charge in [-0.3, -0.25) is 4.72 Å². The molecule has 0 aliphatic carbocycles. The first-order valence-corrected chi connectivity index (χ1v) is 8.25. The number of hydrogen-bond acceptors (Lipinski definition) is 3. The quantitative estimate of drug-likeness (QED) is 0.919. The fourth-order valence-corrected chi connectivity index (χ4v) is 3.29. The Balaban J connectivity index is 2.18. The van der Waals surface area contributed by atoms with E-state index in [-0.39, 0.29) is 21.5 Å². The van der Waals surface area contributed by atoms with Crippen molar-refractivity contribution >= 4 is 38.9 Å². The number of hydrogen-bond donors (Lipinski definition) is 1. The molecule has 0 fully saturated rings. The summed E-state index contributed by atoms with van der Waals surface area (Å²) in [6.45, 7) is 0. The molecule has 0 atom stereocenters. The second-order valence-corrected chi connectivity index (χ2v) is 6.78. The van der Waals surface area contributed by atoms with Crippen molar-refractivity contribution in [2.45, 2.75) is 5.75 Å². The fraction of sp³-hybridized carbons (Fsp3) is 0.0714. The van der Waals surface area contributed by atoms with Gasteiger partial charge in [-0.1, -0.05) is 41.4 Å². The van der Waals surface area contributed by atoms with E-state index in [9.17, 15) is 8.42 Å². The number of nitriles is 1. The lowest BCUT2D eigenvalue weighted by molar-refractivity contribution is 0.600. The average Bonchev–Trinajstić information content (AvgIpc) is 2.44. The molecule has 0 amide bonds. The van der Waals surface area contributed by atoms with Gasteiger partial charge in [0.25, 0.3) is 0 Å². The van der Waals surface area contributed by atoms with E-state index >= 15 is 0 Å². The van der Waals surface area contributed by atoms with Gasteiger partial charge in [-0.15, -0.1) is 0 Å². The summed E-state index contributed by atoms with van der Waals surface area (Å²) in [6.07, 6.45) is 0. The molecule has 0 saturated carbocycles. The molecule has 2 aromatic carbocycles. The van der Waals surface area contributed by atoms with Crippen molar-refractivity contribution < 1.29 is 8.42 Å². The third-order valence-electron chi connectivity index (χ3n) is 2.66. The van der Waals surface area contributed by atoms with Gasteiger partial charge in [-0.05, 0) is 29.8 Å². The fourth-order valence-electron chi connectivity index (χ4n) is 1.68. The van der Waals surface area contributed by atoms with Gasteiger partial charge >= 0.3 is 0 Å². The highest BCUT2D eigenvalue weighted by Gasteiger charge is 2.14. The molecule has 0 aromatic heterocycles.